The van der Waals surface area contributed by atoms with E-state index in [1.807, 2.05) is 38.1 Å². The SMILES string of the molecule is CCN(CC)C(=O)c1oc2ccccc2c1NC(=O)C1CCCCC1. The molecule has 1 fully saturated rings. The summed E-state index contributed by atoms with van der Waals surface area (Å²) in [6, 6.07) is 7.46. The Balaban J connectivity index is 1.95. The Kier molecular flexibility index (Phi) is 5.41. The van der Waals surface area contributed by atoms with Crippen molar-refractivity contribution in [2.45, 2.75) is 46.0 Å². The van der Waals surface area contributed by atoms with Crippen LogP contribution in [0.4, 0.5) is 5.69 Å². The quantitative estimate of drug-likeness (QED) is 0.874. The maximum atomic E-state index is 12.8. The minimum Gasteiger partial charge on any atom is -0.449 e. The van der Waals surface area contributed by atoms with Gasteiger partial charge in [0, 0.05) is 24.4 Å². The molecule has 0 saturated heterocycles. The smallest absolute Gasteiger partial charge is 0.291 e. The van der Waals surface area contributed by atoms with Crippen molar-refractivity contribution in [3.63, 3.8) is 0 Å². The number of anilines is 1. The number of para-hydroxylation sites is 1. The molecule has 1 aliphatic carbocycles. The van der Waals surface area contributed by atoms with Gasteiger partial charge in [0.05, 0.1) is 0 Å². The lowest BCUT2D eigenvalue weighted by Crippen LogP contribution is -2.31. The molecular formula is C20H26N2O3. The van der Waals surface area contributed by atoms with Gasteiger partial charge in [-0.25, -0.2) is 0 Å². The van der Waals surface area contributed by atoms with E-state index >= 15 is 0 Å². The highest BCUT2D eigenvalue weighted by Crippen LogP contribution is 2.33. The molecule has 0 unspecified atom stereocenters. The predicted octanol–water partition coefficient (Wildman–Crippen LogP) is 4.43. The molecule has 5 heteroatoms. The number of hydrogen-bond donors (Lipinski definition) is 1. The molecule has 5 nitrogen and oxygen atoms in total. The highest BCUT2D eigenvalue weighted by molar-refractivity contribution is 6.11. The molecule has 0 aliphatic heterocycles. The number of hydrogen-bond acceptors (Lipinski definition) is 3. The zero-order chi connectivity index (χ0) is 17.8. The first-order chi connectivity index (χ1) is 12.2. The molecule has 3 rings (SSSR count). The molecule has 1 saturated carbocycles. The number of carbonyl (C=O) groups excluding carboxylic acids is 2. The molecule has 0 atom stereocenters. The minimum atomic E-state index is -0.180. The minimum absolute atomic E-state index is 0.000139. The van der Waals surface area contributed by atoms with E-state index in [-0.39, 0.29) is 23.5 Å². The number of nitrogens with one attached hydrogen (secondary N) is 1. The third-order valence-corrected chi connectivity index (χ3v) is 5.06. The normalized spacial score (nSPS) is 15.3. The summed E-state index contributed by atoms with van der Waals surface area (Å²) < 4.78 is 5.83. The van der Waals surface area contributed by atoms with Crippen molar-refractivity contribution in [1.82, 2.24) is 4.90 Å². The Morgan fingerprint density at radius 3 is 2.48 bits per heavy atom. The number of nitrogens with zero attached hydrogens (tertiary/aromatic N) is 1. The maximum Gasteiger partial charge on any atom is 0.291 e. The highest BCUT2D eigenvalue weighted by Gasteiger charge is 2.28. The van der Waals surface area contributed by atoms with Gasteiger partial charge in [0.25, 0.3) is 5.91 Å². The standard InChI is InChI=1S/C20H26N2O3/c1-3-22(4-2)20(24)18-17(15-12-8-9-13-16(15)25-18)21-19(23)14-10-6-5-7-11-14/h8-9,12-14H,3-7,10-11H2,1-2H3,(H,21,23). The molecule has 1 N–H and O–H groups in total. The lowest BCUT2D eigenvalue weighted by molar-refractivity contribution is -0.120. The third kappa shape index (κ3) is 3.55. The van der Waals surface area contributed by atoms with E-state index in [1.54, 1.807) is 4.90 Å². The summed E-state index contributed by atoms with van der Waals surface area (Å²) in [5.74, 6) is 0.0767. The van der Waals surface area contributed by atoms with Crippen LogP contribution in [0.25, 0.3) is 11.0 Å². The number of furan rings is 1. The van der Waals surface area contributed by atoms with Gasteiger partial charge in [-0.05, 0) is 38.8 Å². The van der Waals surface area contributed by atoms with Gasteiger partial charge >= 0.3 is 0 Å². The lowest BCUT2D eigenvalue weighted by atomic mass is 9.88. The van der Waals surface area contributed by atoms with Crippen molar-refractivity contribution < 1.29 is 14.0 Å². The zero-order valence-corrected chi connectivity index (χ0v) is 15.0. The van der Waals surface area contributed by atoms with Gasteiger partial charge in [-0.3, -0.25) is 9.59 Å². The van der Waals surface area contributed by atoms with E-state index in [2.05, 4.69) is 5.32 Å². The van der Waals surface area contributed by atoms with Gasteiger partial charge in [-0.2, -0.15) is 0 Å². The van der Waals surface area contributed by atoms with E-state index in [0.717, 1.165) is 31.1 Å². The van der Waals surface area contributed by atoms with Crippen LogP contribution in [0.15, 0.2) is 28.7 Å². The molecule has 0 radical (unpaired) electrons. The van der Waals surface area contributed by atoms with Crippen LogP contribution in [-0.2, 0) is 4.79 Å². The molecule has 1 heterocycles. The third-order valence-electron chi connectivity index (χ3n) is 5.06. The van der Waals surface area contributed by atoms with Crippen molar-refractivity contribution in [2.75, 3.05) is 18.4 Å². The fraction of sp³-hybridized carbons (Fsp3) is 0.500. The van der Waals surface area contributed by atoms with Crippen LogP contribution in [0.5, 0.6) is 0 Å². The summed E-state index contributed by atoms with van der Waals surface area (Å²) in [5.41, 5.74) is 1.14. The fourth-order valence-electron chi connectivity index (χ4n) is 3.56. The lowest BCUT2D eigenvalue weighted by Gasteiger charge is -2.21. The van der Waals surface area contributed by atoms with Crippen molar-refractivity contribution in [2.24, 2.45) is 5.92 Å². The Labute approximate surface area is 148 Å². The van der Waals surface area contributed by atoms with Gasteiger partial charge in [-0.15, -0.1) is 0 Å². The van der Waals surface area contributed by atoms with Crippen molar-refractivity contribution >= 4 is 28.5 Å². The number of fused-ring (bicyclic) bond motifs is 1. The average molecular weight is 342 g/mol. The number of amides is 2. The van der Waals surface area contributed by atoms with E-state index in [1.165, 1.54) is 6.42 Å². The van der Waals surface area contributed by atoms with Gasteiger partial charge in [0.2, 0.25) is 11.7 Å². The molecule has 25 heavy (non-hydrogen) atoms. The first kappa shape index (κ1) is 17.5. The number of carbonyl (C=O) groups is 2. The van der Waals surface area contributed by atoms with Crippen LogP contribution in [0.3, 0.4) is 0 Å². The van der Waals surface area contributed by atoms with Crippen LogP contribution >= 0.6 is 0 Å². The Morgan fingerprint density at radius 2 is 1.80 bits per heavy atom. The summed E-state index contributed by atoms with van der Waals surface area (Å²) in [6.45, 7) is 5.07. The molecule has 134 valence electrons. The van der Waals surface area contributed by atoms with Crippen molar-refractivity contribution in [3.8, 4) is 0 Å². The Morgan fingerprint density at radius 1 is 1.12 bits per heavy atom. The molecule has 2 amide bonds. The summed E-state index contributed by atoms with van der Waals surface area (Å²) in [6.07, 6.45) is 5.22. The fourth-order valence-corrected chi connectivity index (χ4v) is 3.56. The predicted molar refractivity (Wildman–Crippen MR) is 98.7 cm³/mol. The first-order valence-corrected chi connectivity index (χ1v) is 9.27. The van der Waals surface area contributed by atoms with Gasteiger partial charge in [0.1, 0.15) is 11.3 Å². The zero-order valence-electron chi connectivity index (χ0n) is 15.0. The second kappa shape index (κ2) is 7.72. The van der Waals surface area contributed by atoms with Crippen molar-refractivity contribution in [1.29, 1.82) is 0 Å². The molecule has 1 aliphatic rings. The molecule has 2 aromatic rings. The Hall–Kier alpha value is -2.30. The maximum absolute atomic E-state index is 12.8. The second-order valence-electron chi connectivity index (χ2n) is 6.60. The van der Waals surface area contributed by atoms with Crippen molar-refractivity contribution in [3.05, 3.63) is 30.0 Å². The second-order valence-corrected chi connectivity index (χ2v) is 6.60. The summed E-state index contributed by atoms with van der Waals surface area (Å²) in [5, 5.41) is 3.79. The van der Waals surface area contributed by atoms with E-state index in [0.29, 0.717) is 24.4 Å². The Bertz CT molecular complexity index is 755. The monoisotopic (exact) mass is 342 g/mol. The topological polar surface area (TPSA) is 62.6 Å². The van der Waals surface area contributed by atoms with E-state index < -0.39 is 0 Å². The van der Waals surface area contributed by atoms with E-state index in [4.69, 9.17) is 4.42 Å². The highest BCUT2D eigenvalue weighted by atomic mass is 16.3. The summed E-state index contributed by atoms with van der Waals surface area (Å²) in [4.78, 5) is 27.3. The van der Waals surface area contributed by atoms with Crippen LogP contribution in [0, 0.1) is 5.92 Å². The molecule has 0 spiro atoms. The molecular weight excluding hydrogens is 316 g/mol. The molecule has 0 bridgehead atoms. The summed E-state index contributed by atoms with van der Waals surface area (Å²) >= 11 is 0. The summed E-state index contributed by atoms with van der Waals surface area (Å²) in [7, 11) is 0. The number of benzene rings is 1. The molecule has 1 aromatic heterocycles. The van der Waals surface area contributed by atoms with Gasteiger partial charge in [0.15, 0.2) is 0 Å². The average Bonchev–Trinajstić information content (AvgIpc) is 3.02. The number of rotatable bonds is 5. The van der Waals surface area contributed by atoms with Gasteiger partial charge in [-0.1, -0.05) is 31.4 Å². The van der Waals surface area contributed by atoms with Crippen LogP contribution in [-0.4, -0.2) is 29.8 Å². The largest absolute Gasteiger partial charge is 0.449 e. The van der Waals surface area contributed by atoms with Crippen LogP contribution in [0.2, 0.25) is 0 Å². The van der Waals surface area contributed by atoms with E-state index in [9.17, 15) is 9.59 Å². The van der Waals surface area contributed by atoms with Crippen LogP contribution in [0.1, 0.15) is 56.5 Å². The van der Waals surface area contributed by atoms with Crippen LogP contribution < -0.4 is 5.32 Å². The molecule has 1 aromatic carbocycles. The first-order valence-electron chi connectivity index (χ1n) is 9.27. The van der Waals surface area contributed by atoms with Gasteiger partial charge < -0.3 is 14.6 Å².